The van der Waals surface area contributed by atoms with Crippen molar-refractivity contribution in [2.24, 2.45) is 0 Å². The molecule has 0 bridgehead atoms. The van der Waals surface area contributed by atoms with Crippen molar-refractivity contribution in [3.05, 3.63) is 0 Å². The summed E-state index contributed by atoms with van der Waals surface area (Å²) in [5, 5.41) is 10.7. The van der Waals surface area contributed by atoms with E-state index in [4.69, 9.17) is 14.2 Å². The Kier molecular flexibility index (Phi) is 2.76. The molecule has 1 N–H and O–H groups in total. The van der Waals surface area contributed by atoms with Crippen LogP contribution < -0.4 is 0 Å². The molecule has 1 aliphatic carbocycles. The molecule has 0 amide bonds. The Bertz CT molecular complexity index is 349. The van der Waals surface area contributed by atoms with Crippen molar-refractivity contribution in [1.29, 1.82) is 0 Å². The topological polar surface area (TPSA) is 47.9 Å². The zero-order valence-electron chi connectivity index (χ0n) is 11.5. The highest BCUT2D eigenvalue weighted by atomic mass is 16.6. The van der Waals surface area contributed by atoms with Crippen LogP contribution in [0.5, 0.6) is 0 Å². The Hall–Kier alpha value is -0.160. The third-order valence-electron chi connectivity index (χ3n) is 5.96. The molecule has 0 aromatic heterocycles. The molecule has 1 saturated carbocycles. The van der Waals surface area contributed by atoms with Gasteiger partial charge >= 0.3 is 0 Å². The van der Waals surface area contributed by atoms with Crippen LogP contribution in [0.1, 0.15) is 51.4 Å². The average Bonchev–Trinajstić information content (AvgIpc) is 3.13. The largest absolute Gasteiger partial charge is 0.390 e. The second-order valence-corrected chi connectivity index (χ2v) is 6.62. The van der Waals surface area contributed by atoms with Crippen molar-refractivity contribution in [1.82, 2.24) is 0 Å². The first-order valence-corrected chi connectivity index (χ1v) is 7.85. The maximum absolute atomic E-state index is 10.7. The molecule has 3 spiro atoms. The normalized spacial score (nSPS) is 53.8. The molecule has 0 aromatic carbocycles. The predicted molar refractivity (Wildman–Crippen MR) is 69.0 cm³/mol. The van der Waals surface area contributed by atoms with Gasteiger partial charge in [-0.2, -0.15) is 0 Å². The quantitative estimate of drug-likeness (QED) is 0.727. The lowest BCUT2D eigenvalue weighted by atomic mass is 9.58. The molecule has 3 heterocycles. The first-order valence-electron chi connectivity index (χ1n) is 7.85. The zero-order chi connectivity index (χ0) is 13.0. The molecular formula is C15H24O4. The summed E-state index contributed by atoms with van der Waals surface area (Å²) in [5.74, 6) is 0. The third-order valence-corrected chi connectivity index (χ3v) is 5.96. The molecule has 0 radical (unpaired) electrons. The molecule has 3 aliphatic heterocycles. The fourth-order valence-electron chi connectivity index (χ4n) is 5.25. The molecule has 108 valence electrons. The van der Waals surface area contributed by atoms with Crippen LogP contribution in [0.4, 0.5) is 0 Å². The molecule has 4 fully saturated rings. The van der Waals surface area contributed by atoms with Crippen LogP contribution in [0, 0.1) is 0 Å². The van der Waals surface area contributed by atoms with Crippen LogP contribution in [0.25, 0.3) is 0 Å². The molecular weight excluding hydrogens is 244 g/mol. The Morgan fingerprint density at radius 1 is 0.789 bits per heavy atom. The molecule has 19 heavy (non-hydrogen) atoms. The number of hydrogen-bond donors (Lipinski definition) is 1. The molecule has 4 aliphatic rings. The fourth-order valence-corrected chi connectivity index (χ4v) is 5.25. The maximum atomic E-state index is 10.7. The number of aliphatic hydroxyl groups is 1. The van der Waals surface area contributed by atoms with E-state index in [9.17, 15) is 5.11 Å². The van der Waals surface area contributed by atoms with Crippen molar-refractivity contribution in [3.8, 4) is 0 Å². The van der Waals surface area contributed by atoms with Gasteiger partial charge in [-0.3, -0.25) is 0 Å². The number of hydrogen-bond acceptors (Lipinski definition) is 4. The number of fused-ring (bicyclic) bond motifs is 2. The van der Waals surface area contributed by atoms with Crippen LogP contribution in [-0.4, -0.2) is 47.8 Å². The lowest BCUT2D eigenvalue weighted by Gasteiger charge is -2.59. The molecule has 0 aromatic rings. The summed E-state index contributed by atoms with van der Waals surface area (Å²) < 4.78 is 18.7. The van der Waals surface area contributed by atoms with Crippen molar-refractivity contribution in [2.75, 3.05) is 19.8 Å². The second-order valence-electron chi connectivity index (χ2n) is 6.62. The van der Waals surface area contributed by atoms with Gasteiger partial charge < -0.3 is 19.3 Å². The van der Waals surface area contributed by atoms with E-state index >= 15 is 0 Å². The molecule has 4 rings (SSSR count). The number of ether oxygens (including phenoxy) is 3. The van der Waals surface area contributed by atoms with Gasteiger partial charge in [0, 0.05) is 19.8 Å². The van der Waals surface area contributed by atoms with E-state index in [1.54, 1.807) is 0 Å². The third kappa shape index (κ3) is 1.39. The standard InChI is InChI=1S/C15H24O4/c16-12-4-8-13(5-1-9-17-13)15(7-3-11-19-15)14(12)6-2-10-18-14/h12,16H,1-11H2/t12-,13-,14+,15-/m0/s1. The van der Waals surface area contributed by atoms with Gasteiger partial charge in [-0.15, -0.1) is 0 Å². The van der Waals surface area contributed by atoms with Crippen LogP contribution in [0.3, 0.4) is 0 Å². The summed E-state index contributed by atoms with van der Waals surface area (Å²) in [6.45, 7) is 2.36. The molecule has 0 unspecified atom stereocenters. The summed E-state index contributed by atoms with van der Waals surface area (Å²) in [6.07, 6.45) is 7.44. The highest BCUT2D eigenvalue weighted by Crippen LogP contribution is 2.60. The minimum absolute atomic E-state index is 0.201. The van der Waals surface area contributed by atoms with Crippen molar-refractivity contribution in [2.45, 2.75) is 74.3 Å². The van der Waals surface area contributed by atoms with E-state index in [2.05, 4.69) is 0 Å². The SMILES string of the molecule is O[C@H]1CC[C@@]2(CCCO2)[C@@]2(CCCO2)[C@@]12CCCO2. The Balaban J connectivity index is 1.83. The lowest BCUT2D eigenvalue weighted by Crippen LogP contribution is -2.74. The van der Waals surface area contributed by atoms with Gasteiger partial charge in [0.1, 0.15) is 16.8 Å². The number of aliphatic hydroxyl groups excluding tert-OH is 1. The predicted octanol–water partition coefficient (Wildman–Crippen LogP) is 1.79. The van der Waals surface area contributed by atoms with Gasteiger partial charge in [-0.05, 0) is 51.4 Å². The van der Waals surface area contributed by atoms with Crippen molar-refractivity contribution >= 4 is 0 Å². The highest BCUT2D eigenvalue weighted by molar-refractivity contribution is 5.23. The van der Waals surface area contributed by atoms with E-state index < -0.39 is 17.3 Å². The van der Waals surface area contributed by atoms with E-state index in [0.29, 0.717) is 0 Å². The van der Waals surface area contributed by atoms with Crippen LogP contribution in [0.15, 0.2) is 0 Å². The minimum atomic E-state index is -0.508. The summed E-state index contributed by atoms with van der Waals surface area (Å²) in [6, 6.07) is 0. The van der Waals surface area contributed by atoms with Crippen molar-refractivity contribution < 1.29 is 19.3 Å². The zero-order valence-corrected chi connectivity index (χ0v) is 11.5. The highest BCUT2D eigenvalue weighted by Gasteiger charge is 2.72. The molecule has 4 atom stereocenters. The Labute approximate surface area is 114 Å². The van der Waals surface area contributed by atoms with E-state index in [1.165, 1.54) is 0 Å². The lowest BCUT2D eigenvalue weighted by molar-refractivity contribution is -0.303. The van der Waals surface area contributed by atoms with E-state index in [0.717, 1.165) is 71.2 Å². The Morgan fingerprint density at radius 2 is 1.53 bits per heavy atom. The molecule has 4 heteroatoms. The van der Waals surface area contributed by atoms with Gasteiger partial charge in [0.05, 0.1) is 6.10 Å². The first kappa shape index (κ1) is 12.6. The van der Waals surface area contributed by atoms with Crippen LogP contribution in [0.2, 0.25) is 0 Å². The fraction of sp³-hybridized carbons (Fsp3) is 1.00. The second kappa shape index (κ2) is 4.17. The summed E-state index contributed by atoms with van der Waals surface area (Å²) in [5.41, 5.74) is -1.11. The summed E-state index contributed by atoms with van der Waals surface area (Å²) in [4.78, 5) is 0. The minimum Gasteiger partial charge on any atom is -0.390 e. The van der Waals surface area contributed by atoms with E-state index in [1.807, 2.05) is 0 Å². The maximum Gasteiger partial charge on any atom is 0.128 e. The van der Waals surface area contributed by atoms with Crippen LogP contribution >= 0.6 is 0 Å². The molecule has 4 nitrogen and oxygen atoms in total. The monoisotopic (exact) mass is 268 g/mol. The first-order chi connectivity index (χ1) is 9.25. The average molecular weight is 268 g/mol. The summed E-state index contributed by atoms with van der Waals surface area (Å²) in [7, 11) is 0. The van der Waals surface area contributed by atoms with Gasteiger partial charge in [0.25, 0.3) is 0 Å². The van der Waals surface area contributed by atoms with Gasteiger partial charge in [0.15, 0.2) is 0 Å². The number of rotatable bonds is 0. The smallest absolute Gasteiger partial charge is 0.128 e. The summed E-state index contributed by atoms with van der Waals surface area (Å²) >= 11 is 0. The van der Waals surface area contributed by atoms with Gasteiger partial charge in [0.2, 0.25) is 0 Å². The Morgan fingerprint density at radius 3 is 2.16 bits per heavy atom. The molecule has 3 saturated heterocycles. The van der Waals surface area contributed by atoms with Gasteiger partial charge in [-0.1, -0.05) is 0 Å². The van der Waals surface area contributed by atoms with Crippen molar-refractivity contribution in [3.63, 3.8) is 0 Å². The van der Waals surface area contributed by atoms with Crippen LogP contribution in [-0.2, 0) is 14.2 Å². The van der Waals surface area contributed by atoms with E-state index in [-0.39, 0.29) is 5.60 Å². The van der Waals surface area contributed by atoms with Gasteiger partial charge in [-0.25, -0.2) is 0 Å².